The quantitative estimate of drug-likeness (QED) is 0.747. The van der Waals surface area contributed by atoms with Gasteiger partial charge in [-0.1, -0.05) is 30.4 Å². The number of aromatic nitrogens is 1. The first-order valence-corrected chi connectivity index (χ1v) is 6.22. The van der Waals surface area contributed by atoms with E-state index >= 15 is 0 Å². The molecule has 0 fully saturated rings. The number of hydrogen-bond acceptors (Lipinski definition) is 2. The molecule has 0 saturated carbocycles. The van der Waals surface area contributed by atoms with Crippen molar-refractivity contribution in [2.75, 3.05) is 11.4 Å². The average Bonchev–Trinajstić information content (AvgIpc) is 2.38. The van der Waals surface area contributed by atoms with Gasteiger partial charge in [-0.3, -0.25) is 0 Å². The normalized spacial score (nSPS) is 13.6. The minimum atomic E-state index is 0.883. The molecule has 3 rings (SSSR count). The van der Waals surface area contributed by atoms with Crippen LogP contribution in [0, 0.1) is 13.8 Å². The van der Waals surface area contributed by atoms with Crippen LogP contribution < -0.4 is 4.90 Å². The Labute approximate surface area is 108 Å². The molecule has 1 aromatic carbocycles. The van der Waals surface area contributed by atoms with Gasteiger partial charge < -0.3 is 4.90 Å². The van der Waals surface area contributed by atoms with Crippen molar-refractivity contribution in [1.29, 1.82) is 0 Å². The smallest absolute Gasteiger partial charge is 0.133 e. The van der Waals surface area contributed by atoms with Gasteiger partial charge in [-0.05, 0) is 42.7 Å². The zero-order valence-corrected chi connectivity index (χ0v) is 10.7. The van der Waals surface area contributed by atoms with E-state index in [-0.39, 0.29) is 0 Å². The number of anilines is 2. The summed E-state index contributed by atoms with van der Waals surface area (Å²) in [6.45, 7) is 5.14. The third kappa shape index (κ3) is 1.80. The topological polar surface area (TPSA) is 16.1 Å². The van der Waals surface area contributed by atoms with Crippen LogP contribution in [0.3, 0.4) is 0 Å². The van der Waals surface area contributed by atoms with Crippen molar-refractivity contribution < 1.29 is 0 Å². The molecule has 0 saturated heterocycles. The summed E-state index contributed by atoms with van der Waals surface area (Å²) in [5.41, 5.74) is 5.08. The molecule has 1 aliphatic heterocycles. The van der Waals surface area contributed by atoms with Crippen molar-refractivity contribution in [2.45, 2.75) is 13.8 Å². The maximum absolute atomic E-state index is 4.50. The van der Waals surface area contributed by atoms with E-state index in [2.05, 4.69) is 60.1 Å². The van der Waals surface area contributed by atoms with Crippen molar-refractivity contribution in [1.82, 2.24) is 4.98 Å². The highest BCUT2D eigenvalue weighted by atomic mass is 15.2. The first-order valence-electron chi connectivity index (χ1n) is 6.22. The van der Waals surface area contributed by atoms with E-state index in [1.807, 2.05) is 12.3 Å². The SMILES string of the molecule is Cc1ccnc(N2CC=Cc3cccc(C)c32)c1. The number of rotatable bonds is 1. The molecule has 0 N–H and O–H groups in total. The van der Waals surface area contributed by atoms with Gasteiger partial charge in [-0.25, -0.2) is 4.98 Å². The summed E-state index contributed by atoms with van der Waals surface area (Å²) in [6.07, 6.45) is 6.25. The molecule has 2 aromatic rings. The Morgan fingerprint density at radius 3 is 2.89 bits per heavy atom. The molecule has 2 nitrogen and oxygen atoms in total. The number of nitrogens with zero attached hydrogens (tertiary/aromatic N) is 2. The highest BCUT2D eigenvalue weighted by molar-refractivity contribution is 5.78. The summed E-state index contributed by atoms with van der Waals surface area (Å²) < 4.78 is 0. The number of pyridine rings is 1. The first-order chi connectivity index (χ1) is 8.75. The molecule has 0 radical (unpaired) electrons. The van der Waals surface area contributed by atoms with Crippen LogP contribution in [0.25, 0.3) is 6.08 Å². The second-order valence-electron chi connectivity index (χ2n) is 4.72. The third-order valence-electron chi connectivity index (χ3n) is 3.30. The van der Waals surface area contributed by atoms with E-state index in [0.717, 1.165) is 12.4 Å². The van der Waals surface area contributed by atoms with Crippen LogP contribution in [0.1, 0.15) is 16.7 Å². The lowest BCUT2D eigenvalue weighted by molar-refractivity contribution is 1.02. The predicted octanol–water partition coefficient (Wildman–Crippen LogP) is 3.86. The van der Waals surface area contributed by atoms with E-state index in [4.69, 9.17) is 0 Å². The first kappa shape index (κ1) is 11.0. The van der Waals surface area contributed by atoms with E-state index in [1.165, 1.54) is 22.4 Å². The van der Waals surface area contributed by atoms with Crippen LogP contribution >= 0.6 is 0 Å². The second-order valence-corrected chi connectivity index (χ2v) is 4.72. The Morgan fingerprint density at radius 2 is 2.06 bits per heavy atom. The molecule has 90 valence electrons. The van der Waals surface area contributed by atoms with Gasteiger partial charge >= 0.3 is 0 Å². The van der Waals surface area contributed by atoms with E-state index in [0.29, 0.717) is 0 Å². The molecule has 0 bridgehead atoms. The Hall–Kier alpha value is -2.09. The van der Waals surface area contributed by atoms with Crippen molar-refractivity contribution in [3.8, 4) is 0 Å². The zero-order valence-electron chi connectivity index (χ0n) is 10.7. The summed E-state index contributed by atoms with van der Waals surface area (Å²) >= 11 is 0. The molecule has 2 heterocycles. The summed E-state index contributed by atoms with van der Waals surface area (Å²) in [7, 11) is 0. The van der Waals surface area contributed by atoms with Gasteiger partial charge in [0, 0.05) is 12.7 Å². The van der Waals surface area contributed by atoms with Crippen LogP contribution in [0.4, 0.5) is 11.5 Å². The summed E-state index contributed by atoms with van der Waals surface area (Å²) in [6, 6.07) is 10.6. The Balaban J connectivity index is 2.14. The van der Waals surface area contributed by atoms with E-state index < -0.39 is 0 Å². The maximum Gasteiger partial charge on any atom is 0.133 e. The molecule has 0 aliphatic carbocycles. The number of fused-ring (bicyclic) bond motifs is 1. The zero-order chi connectivity index (χ0) is 12.5. The van der Waals surface area contributed by atoms with E-state index in [1.54, 1.807) is 0 Å². The van der Waals surface area contributed by atoms with E-state index in [9.17, 15) is 0 Å². The molecule has 0 atom stereocenters. The minimum absolute atomic E-state index is 0.883. The average molecular weight is 236 g/mol. The summed E-state index contributed by atoms with van der Waals surface area (Å²) in [5, 5.41) is 0. The molecular weight excluding hydrogens is 220 g/mol. The minimum Gasteiger partial charge on any atom is -0.322 e. The summed E-state index contributed by atoms with van der Waals surface area (Å²) in [4.78, 5) is 6.77. The fourth-order valence-electron chi connectivity index (χ4n) is 2.44. The van der Waals surface area contributed by atoms with Gasteiger partial charge in [0.1, 0.15) is 5.82 Å². The van der Waals surface area contributed by atoms with Crippen molar-refractivity contribution in [2.24, 2.45) is 0 Å². The van der Waals surface area contributed by atoms with Gasteiger partial charge in [0.05, 0.1) is 5.69 Å². The molecular formula is C16H16N2. The van der Waals surface area contributed by atoms with Crippen LogP contribution in [-0.2, 0) is 0 Å². The van der Waals surface area contributed by atoms with Crippen LogP contribution in [-0.4, -0.2) is 11.5 Å². The summed E-state index contributed by atoms with van der Waals surface area (Å²) in [5.74, 6) is 1.02. The van der Waals surface area contributed by atoms with Gasteiger partial charge in [0.25, 0.3) is 0 Å². The van der Waals surface area contributed by atoms with Gasteiger partial charge in [-0.2, -0.15) is 0 Å². The fraction of sp³-hybridized carbons (Fsp3) is 0.188. The van der Waals surface area contributed by atoms with Gasteiger partial charge in [0.2, 0.25) is 0 Å². The number of para-hydroxylation sites is 1. The van der Waals surface area contributed by atoms with Gasteiger partial charge in [-0.15, -0.1) is 0 Å². The third-order valence-corrected chi connectivity index (χ3v) is 3.30. The monoisotopic (exact) mass is 236 g/mol. The van der Waals surface area contributed by atoms with Crippen molar-refractivity contribution in [3.05, 3.63) is 59.3 Å². The predicted molar refractivity (Wildman–Crippen MR) is 76.2 cm³/mol. The van der Waals surface area contributed by atoms with Gasteiger partial charge in [0.15, 0.2) is 0 Å². The van der Waals surface area contributed by atoms with Crippen LogP contribution in [0.2, 0.25) is 0 Å². The highest BCUT2D eigenvalue weighted by Gasteiger charge is 2.17. The molecule has 0 amide bonds. The lowest BCUT2D eigenvalue weighted by atomic mass is 10.0. The Bertz CT molecular complexity index is 614. The largest absolute Gasteiger partial charge is 0.322 e. The molecule has 2 heteroatoms. The highest BCUT2D eigenvalue weighted by Crippen LogP contribution is 2.34. The standard InChI is InChI=1S/C16H16N2/c1-12-8-9-17-15(11-12)18-10-4-7-14-6-3-5-13(2)16(14)18/h3-9,11H,10H2,1-2H3. The lowest BCUT2D eigenvalue weighted by Gasteiger charge is -2.29. The maximum atomic E-state index is 4.50. The second kappa shape index (κ2) is 4.30. The molecule has 18 heavy (non-hydrogen) atoms. The van der Waals surface area contributed by atoms with Crippen molar-refractivity contribution >= 4 is 17.6 Å². The molecule has 0 unspecified atom stereocenters. The Kier molecular flexibility index (Phi) is 2.63. The molecule has 1 aliphatic rings. The van der Waals surface area contributed by atoms with Crippen LogP contribution in [0.5, 0.6) is 0 Å². The van der Waals surface area contributed by atoms with Crippen LogP contribution in [0.15, 0.2) is 42.6 Å². The Morgan fingerprint density at radius 1 is 1.17 bits per heavy atom. The fourth-order valence-corrected chi connectivity index (χ4v) is 2.44. The molecule has 0 spiro atoms. The molecule has 1 aromatic heterocycles. The van der Waals surface area contributed by atoms with Crippen molar-refractivity contribution in [3.63, 3.8) is 0 Å². The number of hydrogen-bond donors (Lipinski definition) is 0. The number of benzene rings is 1. The number of aryl methyl sites for hydroxylation is 2. The lowest BCUT2D eigenvalue weighted by Crippen LogP contribution is -2.22.